The molecule has 9 heteroatoms. The number of hydrogen-bond donors (Lipinski definition) is 0. The van der Waals surface area contributed by atoms with Crippen molar-refractivity contribution in [1.29, 1.82) is 0 Å². The normalized spacial score (nSPS) is 16.0. The molecule has 0 atom stereocenters. The summed E-state index contributed by atoms with van der Waals surface area (Å²) in [5, 5.41) is 2.93. The van der Waals surface area contributed by atoms with Crippen LogP contribution in [0.25, 0.3) is 0 Å². The second kappa shape index (κ2) is 5.95. The zero-order valence-corrected chi connectivity index (χ0v) is 13.6. The molecule has 0 unspecified atom stereocenters. The molecule has 1 saturated heterocycles. The average molecular weight is 343 g/mol. The number of rotatable bonds is 2. The monoisotopic (exact) mass is 343 g/mol. The molecule has 0 N–H and O–H groups in total. The summed E-state index contributed by atoms with van der Waals surface area (Å²) in [4.78, 5) is 16.2. The number of halogens is 3. The van der Waals surface area contributed by atoms with E-state index in [2.05, 4.69) is 19.9 Å². The molecule has 0 aliphatic carbocycles. The third kappa shape index (κ3) is 3.54. The van der Waals surface area contributed by atoms with Gasteiger partial charge in [0.05, 0.1) is 5.69 Å². The van der Waals surface area contributed by atoms with Crippen molar-refractivity contribution in [2.45, 2.75) is 20.0 Å². The lowest BCUT2D eigenvalue weighted by Crippen LogP contribution is -2.47. The Labute approximate surface area is 135 Å². The predicted octanol–water partition coefficient (Wildman–Crippen LogP) is 2.90. The molecule has 2 aromatic rings. The SMILES string of the molecule is Cc1cc(C(F)(F)F)nc(N2CCN(c3nc(C)cs3)CC2)n1. The zero-order chi connectivity index (χ0) is 16.6. The highest BCUT2D eigenvalue weighted by molar-refractivity contribution is 7.13. The van der Waals surface area contributed by atoms with Crippen molar-refractivity contribution in [3.63, 3.8) is 0 Å². The molecule has 1 aliphatic rings. The van der Waals surface area contributed by atoms with E-state index in [0.29, 0.717) is 31.9 Å². The smallest absolute Gasteiger partial charge is 0.345 e. The number of nitrogens with zero attached hydrogens (tertiary/aromatic N) is 5. The minimum absolute atomic E-state index is 0.146. The Morgan fingerprint density at radius 3 is 2.17 bits per heavy atom. The Balaban J connectivity index is 1.74. The van der Waals surface area contributed by atoms with Crippen molar-refractivity contribution in [3.8, 4) is 0 Å². The lowest BCUT2D eigenvalue weighted by atomic mass is 10.3. The predicted molar refractivity (Wildman–Crippen MR) is 83.0 cm³/mol. The quantitative estimate of drug-likeness (QED) is 0.839. The molecule has 1 fully saturated rings. The van der Waals surface area contributed by atoms with E-state index in [0.717, 1.165) is 16.9 Å². The molecular weight excluding hydrogens is 327 g/mol. The van der Waals surface area contributed by atoms with Gasteiger partial charge in [0, 0.05) is 37.3 Å². The molecule has 0 bridgehead atoms. The Kier molecular flexibility index (Phi) is 4.13. The standard InChI is InChI=1S/C14H16F3N5S/c1-9-7-11(14(15,16)17)20-12(18-9)21-3-5-22(6-4-21)13-19-10(2)8-23-13/h7-8H,3-6H2,1-2H3. The van der Waals surface area contributed by atoms with Crippen LogP contribution in [0.3, 0.4) is 0 Å². The van der Waals surface area contributed by atoms with Crippen molar-refractivity contribution in [1.82, 2.24) is 15.0 Å². The van der Waals surface area contributed by atoms with Crippen LogP contribution in [-0.2, 0) is 6.18 Å². The number of aryl methyl sites for hydroxylation is 2. The summed E-state index contributed by atoms with van der Waals surface area (Å²) >= 11 is 1.58. The highest BCUT2D eigenvalue weighted by Gasteiger charge is 2.34. The topological polar surface area (TPSA) is 45.2 Å². The van der Waals surface area contributed by atoms with E-state index < -0.39 is 11.9 Å². The Morgan fingerprint density at radius 2 is 1.61 bits per heavy atom. The number of hydrogen-bond acceptors (Lipinski definition) is 6. The summed E-state index contributed by atoms with van der Waals surface area (Å²) in [6.45, 7) is 6.00. The Hall–Kier alpha value is -1.90. The van der Waals surface area contributed by atoms with Crippen LogP contribution in [0.1, 0.15) is 17.1 Å². The third-order valence-electron chi connectivity index (χ3n) is 3.57. The third-order valence-corrected chi connectivity index (χ3v) is 4.59. The van der Waals surface area contributed by atoms with Crippen LogP contribution in [0.4, 0.5) is 24.3 Å². The van der Waals surface area contributed by atoms with E-state index >= 15 is 0 Å². The van der Waals surface area contributed by atoms with Gasteiger partial charge >= 0.3 is 6.18 Å². The fourth-order valence-corrected chi connectivity index (χ4v) is 3.28. The summed E-state index contributed by atoms with van der Waals surface area (Å²) in [6.07, 6.45) is -4.46. The van der Waals surface area contributed by atoms with Crippen molar-refractivity contribution >= 4 is 22.4 Å². The minimum Gasteiger partial charge on any atom is -0.345 e. The zero-order valence-electron chi connectivity index (χ0n) is 12.8. The first-order valence-electron chi connectivity index (χ1n) is 7.18. The molecule has 0 spiro atoms. The van der Waals surface area contributed by atoms with Crippen LogP contribution in [0, 0.1) is 13.8 Å². The molecule has 124 valence electrons. The van der Waals surface area contributed by atoms with Crippen LogP contribution >= 0.6 is 11.3 Å². The number of aromatic nitrogens is 3. The van der Waals surface area contributed by atoms with E-state index in [4.69, 9.17) is 0 Å². The molecule has 3 heterocycles. The van der Waals surface area contributed by atoms with Gasteiger partial charge in [-0.05, 0) is 19.9 Å². The number of piperazine rings is 1. The van der Waals surface area contributed by atoms with Crippen molar-refractivity contribution in [2.75, 3.05) is 36.0 Å². The summed E-state index contributed by atoms with van der Waals surface area (Å²) < 4.78 is 38.6. The van der Waals surface area contributed by atoms with Crippen molar-refractivity contribution < 1.29 is 13.2 Å². The molecule has 0 radical (unpaired) electrons. The molecule has 1 aliphatic heterocycles. The van der Waals surface area contributed by atoms with Gasteiger partial charge in [0.25, 0.3) is 0 Å². The maximum absolute atomic E-state index is 12.9. The van der Waals surface area contributed by atoms with E-state index in [1.165, 1.54) is 0 Å². The van der Waals surface area contributed by atoms with Crippen LogP contribution in [0.5, 0.6) is 0 Å². The number of thiazole rings is 1. The van der Waals surface area contributed by atoms with E-state index in [1.807, 2.05) is 12.3 Å². The molecule has 5 nitrogen and oxygen atoms in total. The van der Waals surface area contributed by atoms with Crippen molar-refractivity contribution in [2.24, 2.45) is 0 Å². The lowest BCUT2D eigenvalue weighted by Gasteiger charge is -2.34. The molecule has 0 amide bonds. The first kappa shape index (κ1) is 16.0. The van der Waals surface area contributed by atoms with Gasteiger partial charge in [-0.25, -0.2) is 15.0 Å². The maximum Gasteiger partial charge on any atom is 0.433 e. The Morgan fingerprint density at radius 1 is 0.957 bits per heavy atom. The van der Waals surface area contributed by atoms with Gasteiger partial charge in [-0.1, -0.05) is 0 Å². The van der Waals surface area contributed by atoms with E-state index in [1.54, 1.807) is 23.2 Å². The van der Waals surface area contributed by atoms with Gasteiger partial charge < -0.3 is 9.80 Å². The van der Waals surface area contributed by atoms with Gasteiger partial charge in [0.2, 0.25) is 5.95 Å². The first-order valence-corrected chi connectivity index (χ1v) is 8.06. The number of anilines is 2. The minimum atomic E-state index is -4.46. The van der Waals surface area contributed by atoms with Gasteiger partial charge in [0.15, 0.2) is 5.13 Å². The number of alkyl halides is 3. The highest BCUT2D eigenvalue weighted by Crippen LogP contribution is 2.29. The summed E-state index contributed by atoms with van der Waals surface area (Å²) in [7, 11) is 0. The first-order chi connectivity index (χ1) is 10.8. The Bertz CT molecular complexity index is 692. The molecule has 0 saturated carbocycles. The molecule has 3 rings (SSSR count). The second-order valence-corrected chi connectivity index (χ2v) is 6.27. The fourth-order valence-electron chi connectivity index (χ4n) is 2.42. The summed E-state index contributed by atoms with van der Waals surface area (Å²) in [5.74, 6) is 0.146. The van der Waals surface area contributed by atoms with Crippen LogP contribution < -0.4 is 9.80 Å². The van der Waals surface area contributed by atoms with Gasteiger partial charge in [-0.3, -0.25) is 0 Å². The van der Waals surface area contributed by atoms with Crippen molar-refractivity contribution in [3.05, 3.63) is 28.5 Å². The van der Waals surface area contributed by atoms with Crippen LogP contribution in [-0.4, -0.2) is 41.1 Å². The van der Waals surface area contributed by atoms with Crippen LogP contribution in [0.2, 0.25) is 0 Å². The molecule has 23 heavy (non-hydrogen) atoms. The van der Waals surface area contributed by atoms with Gasteiger partial charge in [-0.15, -0.1) is 11.3 Å². The van der Waals surface area contributed by atoms with Gasteiger partial charge in [-0.2, -0.15) is 13.2 Å². The second-order valence-electron chi connectivity index (χ2n) is 5.44. The van der Waals surface area contributed by atoms with E-state index in [9.17, 15) is 13.2 Å². The largest absolute Gasteiger partial charge is 0.433 e. The summed E-state index contributed by atoms with van der Waals surface area (Å²) in [6, 6.07) is 0.970. The fraction of sp³-hybridized carbons (Fsp3) is 0.500. The molecule has 2 aromatic heterocycles. The average Bonchev–Trinajstić information content (AvgIpc) is 2.92. The highest BCUT2D eigenvalue weighted by atomic mass is 32.1. The summed E-state index contributed by atoms with van der Waals surface area (Å²) in [5.41, 5.74) is 0.405. The van der Waals surface area contributed by atoms with Gasteiger partial charge in [0.1, 0.15) is 5.69 Å². The van der Waals surface area contributed by atoms with Crippen LogP contribution in [0.15, 0.2) is 11.4 Å². The van der Waals surface area contributed by atoms with E-state index in [-0.39, 0.29) is 5.95 Å². The molecular formula is C14H16F3N5S. The lowest BCUT2D eigenvalue weighted by molar-refractivity contribution is -0.141. The maximum atomic E-state index is 12.9. The molecule has 0 aromatic carbocycles.